The van der Waals surface area contributed by atoms with Crippen LogP contribution in [-0.4, -0.2) is 22.4 Å². The van der Waals surface area contributed by atoms with Gasteiger partial charge in [-0.15, -0.1) is 0 Å². The molecule has 15 heavy (non-hydrogen) atoms. The third-order valence-corrected chi connectivity index (χ3v) is 2.68. The maximum absolute atomic E-state index is 4.27. The van der Waals surface area contributed by atoms with E-state index >= 15 is 0 Å². The predicted octanol–water partition coefficient (Wildman–Crippen LogP) is 2.36. The minimum absolute atomic E-state index is 0.626. The third-order valence-electron chi connectivity index (χ3n) is 2.68. The van der Waals surface area contributed by atoms with Crippen LogP contribution in [0.25, 0.3) is 0 Å². The van der Waals surface area contributed by atoms with E-state index in [1.807, 2.05) is 6.20 Å². The van der Waals surface area contributed by atoms with E-state index in [1.54, 1.807) is 0 Å². The first-order valence-electron chi connectivity index (χ1n) is 5.95. The number of rotatable bonds is 7. The van der Waals surface area contributed by atoms with Crippen molar-refractivity contribution >= 4 is 0 Å². The number of nitrogens with zero attached hydrogens (tertiary/aromatic N) is 2. The van der Waals surface area contributed by atoms with E-state index in [2.05, 4.69) is 41.9 Å². The van der Waals surface area contributed by atoms with Gasteiger partial charge in [-0.05, 0) is 45.7 Å². The van der Waals surface area contributed by atoms with Crippen molar-refractivity contribution in [2.45, 2.75) is 52.6 Å². The van der Waals surface area contributed by atoms with Crippen molar-refractivity contribution in [3.8, 4) is 0 Å². The molecule has 1 aromatic rings. The minimum Gasteiger partial charge on any atom is -0.314 e. The standard InChI is InChI=1S/C12H23N3/c1-4-8-13-11(2)6-5-10-15-12(3)7-9-14-15/h7,9,11,13H,4-6,8,10H2,1-3H3. The molecule has 1 aromatic heterocycles. The van der Waals surface area contributed by atoms with Crippen molar-refractivity contribution < 1.29 is 0 Å². The van der Waals surface area contributed by atoms with Gasteiger partial charge in [-0.1, -0.05) is 6.92 Å². The first-order valence-corrected chi connectivity index (χ1v) is 5.95. The molecule has 1 rings (SSSR count). The Balaban J connectivity index is 2.13. The van der Waals surface area contributed by atoms with Crippen molar-refractivity contribution in [1.82, 2.24) is 15.1 Å². The predicted molar refractivity (Wildman–Crippen MR) is 64.0 cm³/mol. The highest BCUT2D eigenvalue weighted by Crippen LogP contribution is 2.02. The van der Waals surface area contributed by atoms with E-state index in [-0.39, 0.29) is 0 Å². The first kappa shape index (κ1) is 12.2. The monoisotopic (exact) mass is 209 g/mol. The summed E-state index contributed by atoms with van der Waals surface area (Å²) in [5, 5.41) is 7.77. The second kappa shape index (κ2) is 6.62. The highest BCUT2D eigenvalue weighted by molar-refractivity contribution is 4.96. The summed E-state index contributed by atoms with van der Waals surface area (Å²) in [6.45, 7) is 8.73. The number of hydrogen-bond donors (Lipinski definition) is 1. The molecule has 0 saturated carbocycles. The number of nitrogens with one attached hydrogen (secondary N) is 1. The van der Waals surface area contributed by atoms with Crippen LogP contribution >= 0.6 is 0 Å². The average Bonchev–Trinajstić information content (AvgIpc) is 2.61. The second-order valence-corrected chi connectivity index (χ2v) is 4.19. The first-order chi connectivity index (χ1) is 7.24. The molecule has 1 atom stereocenters. The highest BCUT2D eigenvalue weighted by atomic mass is 15.3. The van der Waals surface area contributed by atoms with Crippen LogP contribution < -0.4 is 5.32 Å². The molecule has 0 amide bonds. The molecule has 1 heterocycles. The third kappa shape index (κ3) is 4.47. The zero-order valence-corrected chi connectivity index (χ0v) is 10.2. The molecule has 3 nitrogen and oxygen atoms in total. The summed E-state index contributed by atoms with van der Waals surface area (Å²) in [6.07, 6.45) is 5.50. The Morgan fingerprint density at radius 3 is 2.93 bits per heavy atom. The fraction of sp³-hybridized carbons (Fsp3) is 0.750. The van der Waals surface area contributed by atoms with E-state index < -0.39 is 0 Å². The summed E-state index contributed by atoms with van der Waals surface area (Å²) in [5.41, 5.74) is 1.25. The Labute approximate surface area is 92.9 Å². The fourth-order valence-corrected chi connectivity index (χ4v) is 1.67. The normalized spacial score (nSPS) is 13.0. The lowest BCUT2D eigenvalue weighted by atomic mass is 10.2. The van der Waals surface area contributed by atoms with Gasteiger partial charge in [0.2, 0.25) is 0 Å². The van der Waals surface area contributed by atoms with Gasteiger partial charge in [-0.2, -0.15) is 5.10 Å². The van der Waals surface area contributed by atoms with E-state index in [0.717, 1.165) is 13.1 Å². The molecule has 0 bridgehead atoms. The van der Waals surface area contributed by atoms with Gasteiger partial charge in [0.05, 0.1) is 0 Å². The topological polar surface area (TPSA) is 29.9 Å². The lowest BCUT2D eigenvalue weighted by Gasteiger charge is -2.13. The van der Waals surface area contributed by atoms with E-state index in [9.17, 15) is 0 Å². The van der Waals surface area contributed by atoms with E-state index in [4.69, 9.17) is 0 Å². The summed E-state index contributed by atoms with van der Waals surface area (Å²) in [6, 6.07) is 2.68. The maximum atomic E-state index is 4.27. The highest BCUT2D eigenvalue weighted by Gasteiger charge is 2.01. The summed E-state index contributed by atoms with van der Waals surface area (Å²) < 4.78 is 2.08. The van der Waals surface area contributed by atoms with Crippen LogP contribution in [0.4, 0.5) is 0 Å². The van der Waals surface area contributed by atoms with Crippen molar-refractivity contribution in [2.24, 2.45) is 0 Å². The number of aromatic nitrogens is 2. The van der Waals surface area contributed by atoms with Crippen molar-refractivity contribution in [1.29, 1.82) is 0 Å². The SMILES string of the molecule is CCCNC(C)CCCn1nccc1C. The molecule has 0 fully saturated rings. The summed E-state index contributed by atoms with van der Waals surface area (Å²) >= 11 is 0. The Kier molecular flexibility index (Phi) is 5.40. The zero-order chi connectivity index (χ0) is 11.1. The Morgan fingerprint density at radius 1 is 1.53 bits per heavy atom. The molecule has 86 valence electrons. The lowest BCUT2D eigenvalue weighted by molar-refractivity contribution is 0.460. The molecule has 0 aromatic carbocycles. The van der Waals surface area contributed by atoms with Gasteiger partial charge in [0.25, 0.3) is 0 Å². The van der Waals surface area contributed by atoms with Crippen LogP contribution in [-0.2, 0) is 6.54 Å². The number of aryl methyl sites for hydroxylation is 2. The van der Waals surface area contributed by atoms with Crippen molar-refractivity contribution in [3.63, 3.8) is 0 Å². The molecule has 0 aliphatic heterocycles. The van der Waals surface area contributed by atoms with Crippen LogP contribution in [0.2, 0.25) is 0 Å². The van der Waals surface area contributed by atoms with Gasteiger partial charge in [0, 0.05) is 24.5 Å². The minimum atomic E-state index is 0.626. The lowest BCUT2D eigenvalue weighted by Crippen LogP contribution is -2.26. The van der Waals surface area contributed by atoms with E-state index in [1.165, 1.54) is 25.0 Å². The smallest absolute Gasteiger partial charge is 0.0492 e. The van der Waals surface area contributed by atoms with Gasteiger partial charge < -0.3 is 5.32 Å². The van der Waals surface area contributed by atoms with Crippen LogP contribution in [0.1, 0.15) is 38.8 Å². The van der Waals surface area contributed by atoms with Crippen molar-refractivity contribution in [3.05, 3.63) is 18.0 Å². The average molecular weight is 209 g/mol. The quantitative estimate of drug-likeness (QED) is 0.747. The largest absolute Gasteiger partial charge is 0.314 e. The number of hydrogen-bond acceptors (Lipinski definition) is 2. The van der Waals surface area contributed by atoms with Gasteiger partial charge in [0.15, 0.2) is 0 Å². The molecular formula is C12H23N3. The Hall–Kier alpha value is -0.830. The van der Waals surface area contributed by atoms with E-state index in [0.29, 0.717) is 6.04 Å². The van der Waals surface area contributed by atoms with Crippen LogP contribution in [0, 0.1) is 6.92 Å². The van der Waals surface area contributed by atoms with Crippen molar-refractivity contribution in [2.75, 3.05) is 6.54 Å². The molecule has 0 spiro atoms. The maximum Gasteiger partial charge on any atom is 0.0492 e. The van der Waals surface area contributed by atoms with Gasteiger partial charge in [-0.25, -0.2) is 0 Å². The molecule has 0 radical (unpaired) electrons. The Bertz CT molecular complexity index is 268. The molecule has 3 heteroatoms. The molecule has 1 N–H and O–H groups in total. The molecular weight excluding hydrogens is 186 g/mol. The van der Waals surface area contributed by atoms with Crippen LogP contribution in [0.15, 0.2) is 12.3 Å². The Morgan fingerprint density at radius 2 is 2.33 bits per heavy atom. The van der Waals surface area contributed by atoms with Crippen LogP contribution in [0.5, 0.6) is 0 Å². The second-order valence-electron chi connectivity index (χ2n) is 4.19. The molecule has 0 aliphatic rings. The van der Waals surface area contributed by atoms with Gasteiger partial charge >= 0.3 is 0 Å². The summed E-state index contributed by atoms with van der Waals surface area (Å²) in [5.74, 6) is 0. The zero-order valence-electron chi connectivity index (χ0n) is 10.2. The molecule has 1 unspecified atom stereocenters. The molecule has 0 aliphatic carbocycles. The van der Waals surface area contributed by atoms with Crippen LogP contribution in [0.3, 0.4) is 0 Å². The summed E-state index contributed by atoms with van der Waals surface area (Å²) in [7, 11) is 0. The van der Waals surface area contributed by atoms with Gasteiger partial charge in [0.1, 0.15) is 0 Å². The summed E-state index contributed by atoms with van der Waals surface area (Å²) in [4.78, 5) is 0. The molecule has 0 saturated heterocycles. The van der Waals surface area contributed by atoms with Gasteiger partial charge in [-0.3, -0.25) is 4.68 Å². The fourth-order valence-electron chi connectivity index (χ4n) is 1.67.